The van der Waals surface area contributed by atoms with E-state index >= 15 is 0 Å². The Morgan fingerprint density at radius 1 is 1.03 bits per heavy atom. The molecule has 8 nitrogen and oxygen atoms in total. The van der Waals surface area contributed by atoms with Crippen molar-refractivity contribution in [2.24, 2.45) is 0 Å². The molecule has 2 aromatic rings. The quantitative estimate of drug-likeness (QED) is 0.221. The molecule has 1 saturated heterocycles. The van der Waals surface area contributed by atoms with Crippen molar-refractivity contribution in [3.05, 3.63) is 59.2 Å². The first-order chi connectivity index (χ1) is 16.4. The van der Waals surface area contributed by atoms with Crippen LogP contribution in [-0.4, -0.2) is 60.8 Å². The minimum Gasteiger partial charge on any atom is -0.507 e. The molecule has 0 bridgehead atoms. The van der Waals surface area contributed by atoms with E-state index in [1.807, 2.05) is 0 Å². The average molecular weight is 470 g/mol. The minimum absolute atomic E-state index is 0.0534. The first-order valence-corrected chi connectivity index (χ1v) is 11.3. The van der Waals surface area contributed by atoms with Gasteiger partial charge in [0.1, 0.15) is 11.5 Å². The number of carbonyl (C=O) groups is 2. The van der Waals surface area contributed by atoms with Crippen LogP contribution < -0.4 is 9.47 Å². The summed E-state index contributed by atoms with van der Waals surface area (Å²) < 4.78 is 15.9. The summed E-state index contributed by atoms with van der Waals surface area (Å²) in [5, 5.41) is 21.4. The SMILES string of the molecule is CCCCCOc1ccc(/C(O)=C2/C(=O)C(=O)N(CCOC)C2c2ccc(OC)c(O)c2)cc1. The van der Waals surface area contributed by atoms with Crippen LogP contribution in [0.5, 0.6) is 17.2 Å². The zero-order chi connectivity index (χ0) is 24.7. The molecule has 0 saturated carbocycles. The lowest BCUT2D eigenvalue weighted by atomic mass is 9.95. The van der Waals surface area contributed by atoms with Gasteiger partial charge in [0.05, 0.1) is 31.9 Å². The second-order valence-electron chi connectivity index (χ2n) is 8.00. The Morgan fingerprint density at radius 3 is 2.38 bits per heavy atom. The summed E-state index contributed by atoms with van der Waals surface area (Å²) in [6.45, 7) is 3.07. The maximum atomic E-state index is 13.0. The van der Waals surface area contributed by atoms with Crippen LogP contribution in [-0.2, 0) is 14.3 Å². The standard InChI is InChI=1S/C26H31NO7/c1-4-5-6-14-34-19-10-7-17(8-11-19)24(29)22-23(18-9-12-21(33-3)20(28)16-18)27(13-15-32-2)26(31)25(22)30/h7-12,16,23,28-29H,4-6,13-15H2,1-3H3/b24-22-. The molecule has 34 heavy (non-hydrogen) atoms. The number of methoxy groups -OCH3 is 2. The van der Waals surface area contributed by atoms with E-state index in [9.17, 15) is 19.8 Å². The zero-order valence-corrected chi connectivity index (χ0v) is 19.7. The number of amides is 1. The Kier molecular flexibility index (Phi) is 8.54. The molecule has 0 aliphatic carbocycles. The van der Waals surface area contributed by atoms with E-state index in [4.69, 9.17) is 14.2 Å². The third-order valence-corrected chi connectivity index (χ3v) is 5.74. The molecule has 8 heteroatoms. The number of phenolic OH excluding ortho intramolecular Hbond substituents is 1. The number of ether oxygens (including phenoxy) is 3. The van der Waals surface area contributed by atoms with Gasteiger partial charge in [0.2, 0.25) is 0 Å². The number of aliphatic hydroxyl groups is 1. The number of carbonyl (C=O) groups excluding carboxylic acids is 2. The molecule has 0 radical (unpaired) electrons. The Morgan fingerprint density at radius 2 is 1.76 bits per heavy atom. The molecular formula is C26H31NO7. The molecule has 0 spiro atoms. The molecule has 1 unspecified atom stereocenters. The molecule has 2 aromatic carbocycles. The number of unbranched alkanes of at least 4 members (excludes halogenated alkanes) is 2. The third kappa shape index (κ3) is 5.34. The lowest BCUT2D eigenvalue weighted by Crippen LogP contribution is -2.32. The Balaban J connectivity index is 1.99. The number of hydrogen-bond donors (Lipinski definition) is 2. The third-order valence-electron chi connectivity index (χ3n) is 5.74. The van der Waals surface area contributed by atoms with Gasteiger partial charge in [-0.25, -0.2) is 0 Å². The molecule has 1 aliphatic heterocycles. The van der Waals surface area contributed by atoms with E-state index in [-0.39, 0.29) is 36.0 Å². The van der Waals surface area contributed by atoms with Crippen LogP contribution in [0.15, 0.2) is 48.0 Å². The van der Waals surface area contributed by atoms with Crippen molar-refractivity contribution in [1.29, 1.82) is 0 Å². The number of aliphatic hydroxyl groups excluding tert-OH is 1. The first-order valence-electron chi connectivity index (χ1n) is 11.3. The average Bonchev–Trinajstić information content (AvgIpc) is 3.10. The van der Waals surface area contributed by atoms with Crippen LogP contribution in [0.25, 0.3) is 5.76 Å². The molecule has 1 atom stereocenters. The maximum absolute atomic E-state index is 13.0. The number of hydrogen-bond acceptors (Lipinski definition) is 7. The van der Waals surface area contributed by atoms with Crippen LogP contribution in [0, 0.1) is 0 Å². The van der Waals surface area contributed by atoms with Crippen LogP contribution in [0.2, 0.25) is 0 Å². The smallest absolute Gasteiger partial charge is 0.295 e. The lowest BCUT2D eigenvalue weighted by Gasteiger charge is -2.25. The van der Waals surface area contributed by atoms with Crippen molar-refractivity contribution >= 4 is 17.4 Å². The van der Waals surface area contributed by atoms with Crippen molar-refractivity contribution in [1.82, 2.24) is 4.90 Å². The van der Waals surface area contributed by atoms with Crippen molar-refractivity contribution in [3.8, 4) is 17.2 Å². The summed E-state index contributed by atoms with van der Waals surface area (Å²) in [7, 11) is 2.92. The maximum Gasteiger partial charge on any atom is 0.295 e. The van der Waals surface area contributed by atoms with E-state index in [0.717, 1.165) is 19.3 Å². The van der Waals surface area contributed by atoms with Gasteiger partial charge in [-0.05, 0) is 48.4 Å². The van der Waals surface area contributed by atoms with Gasteiger partial charge >= 0.3 is 0 Å². The first kappa shape index (κ1) is 25.1. The highest BCUT2D eigenvalue weighted by Gasteiger charge is 2.46. The van der Waals surface area contributed by atoms with Gasteiger partial charge in [-0.2, -0.15) is 0 Å². The van der Waals surface area contributed by atoms with Crippen LogP contribution >= 0.6 is 0 Å². The number of likely N-dealkylation sites (tertiary alicyclic amines) is 1. The van der Waals surface area contributed by atoms with E-state index in [2.05, 4.69) is 6.92 Å². The molecule has 1 aliphatic rings. The van der Waals surface area contributed by atoms with E-state index in [1.54, 1.807) is 36.4 Å². The summed E-state index contributed by atoms with van der Waals surface area (Å²) in [6.07, 6.45) is 3.14. The van der Waals surface area contributed by atoms with Gasteiger partial charge in [-0.1, -0.05) is 25.8 Å². The number of Topliss-reactive ketones (excluding diaryl/α,β-unsaturated/α-hetero) is 1. The minimum atomic E-state index is -0.892. The van der Waals surface area contributed by atoms with Gasteiger partial charge in [0, 0.05) is 19.2 Å². The van der Waals surface area contributed by atoms with Crippen molar-refractivity contribution in [3.63, 3.8) is 0 Å². The van der Waals surface area contributed by atoms with Crippen LogP contribution in [0.3, 0.4) is 0 Å². The van der Waals surface area contributed by atoms with Crippen LogP contribution in [0.4, 0.5) is 0 Å². The highest BCUT2D eigenvalue weighted by atomic mass is 16.5. The number of benzene rings is 2. The molecule has 1 fully saturated rings. The Bertz CT molecular complexity index is 1050. The number of rotatable bonds is 11. The summed E-state index contributed by atoms with van der Waals surface area (Å²) in [4.78, 5) is 27.2. The Labute approximate surface area is 199 Å². The predicted octanol–water partition coefficient (Wildman–Crippen LogP) is 4.04. The normalized spacial score (nSPS) is 17.3. The number of phenols is 1. The summed E-state index contributed by atoms with van der Waals surface area (Å²) in [5.74, 6) is -1.06. The number of nitrogens with zero attached hydrogens (tertiary/aromatic N) is 1. The highest BCUT2D eigenvalue weighted by molar-refractivity contribution is 6.46. The topological polar surface area (TPSA) is 106 Å². The number of aromatic hydroxyl groups is 1. The van der Waals surface area contributed by atoms with Crippen molar-refractivity contribution in [2.75, 3.05) is 34.0 Å². The van der Waals surface area contributed by atoms with Gasteiger partial charge in [0.15, 0.2) is 11.5 Å². The molecular weight excluding hydrogens is 438 g/mol. The number of ketones is 1. The van der Waals surface area contributed by atoms with Gasteiger partial charge in [0.25, 0.3) is 11.7 Å². The second-order valence-corrected chi connectivity index (χ2v) is 8.00. The Hall–Kier alpha value is -3.52. The summed E-state index contributed by atoms with van der Waals surface area (Å²) in [5.41, 5.74) is 0.793. The fraction of sp³-hybridized carbons (Fsp3) is 0.385. The summed E-state index contributed by atoms with van der Waals surface area (Å²) >= 11 is 0. The highest BCUT2D eigenvalue weighted by Crippen LogP contribution is 2.41. The lowest BCUT2D eigenvalue weighted by molar-refractivity contribution is -0.140. The van der Waals surface area contributed by atoms with Crippen molar-refractivity contribution in [2.45, 2.75) is 32.2 Å². The molecule has 0 aromatic heterocycles. The zero-order valence-electron chi connectivity index (χ0n) is 19.7. The van der Waals surface area contributed by atoms with E-state index in [1.165, 1.54) is 25.2 Å². The predicted molar refractivity (Wildman–Crippen MR) is 127 cm³/mol. The molecule has 2 N–H and O–H groups in total. The molecule has 182 valence electrons. The second kappa shape index (κ2) is 11.6. The molecule has 3 rings (SSSR count). The van der Waals surface area contributed by atoms with Gasteiger partial charge in [-0.15, -0.1) is 0 Å². The van der Waals surface area contributed by atoms with Crippen molar-refractivity contribution < 1.29 is 34.0 Å². The summed E-state index contributed by atoms with van der Waals surface area (Å²) in [6, 6.07) is 10.5. The van der Waals surface area contributed by atoms with Crippen LogP contribution in [0.1, 0.15) is 43.4 Å². The largest absolute Gasteiger partial charge is 0.507 e. The van der Waals surface area contributed by atoms with Gasteiger partial charge in [-0.3, -0.25) is 9.59 Å². The van der Waals surface area contributed by atoms with Gasteiger partial charge < -0.3 is 29.3 Å². The monoisotopic (exact) mass is 469 g/mol. The molecule has 1 heterocycles. The fourth-order valence-electron chi connectivity index (χ4n) is 3.93. The van der Waals surface area contributed by atoms with E-state index < -0.39 is 17.7 Å². The molecule has 1 amide bonds. The van der Waals surface area contributed by atoms with E-state index in [0.29, 0.717) is 23.5 Å². The fourth-order valence-corrected chi connectivity index (χ4v) is 3.93.